The summed E-state index contributed by atoms with van der Waals surface area (Å²) in [6.45, 7) is 8.05. The van der Waals surface area contributed by atoms with Crippen LogP contribution in [0.5, 0.6) is 0 Å². The van der Waals surface area contributed by atoms with Gasteiger partial charge in [-0.2, -0.15) is 13.2 Å². The zero-order valence-corrected chi connectivity index (χ0v) is 26.8. The Morgan fingerprint density at radius 3 is 2.38 bits per heavy atom. The molecule has 0 saturated carbocycles. The highest BCUT2D eigenvalue weighted by atomic mass is 19.4. The summed E-state index contributed by atoms with van der Waals surface area (Å²) in [5.74, 6) is 0.00767. The van der Waals surface area contributed by atoms with E-state index in [1.165, 1.54) is 0 Å². The molecule has 12 nitrogen and oxygen atoms in total. The normalized spacial score (nSPS) is 15.9. The fraction of sp³-hybridized carbons (Fsp3) is 0.500. The number of fused-ring (bicyclic) bond motifs is 1. The number of hydrogen-bond donors (Lipinski definition) is 1. The van der Waals surface area contributed by atoms with E-state index in [1.807, 2.05) is 19.9 Å². The van der Waals surface area contributed by atoms with Crippen LogP contribution in [0.4, 0.5) is 29.6 Å². The molecule has 252 valence electrons. The highest BCUT2D eigenvalue weighted by Crippen LogP contribution is 2.38. The maximum absolute atomic E-state index is 14.3. The highest BCUT2D eigenvalue weighted by molar-refractivity contribution is 5.93. The Balaban J connectivity index is 1.38. The number of nitrogens with one attached hydrogen (secondary N) is 1. The van der Waals surface area contributed by atoms with Gasteiger partial charge in [0.05, 0.1) is 18.2 Å². The van der Waals surface area contributed by atoms with Crippen LogP contribution in [-0.4, -0.2) is 93.5 Å². The van der Waals surface area contributed by atoms with Crippen LogP contribution in [0, 0.1) is 0 Å². The van der Waals surface area contributed by atoms with Gasteiger partial charge < -0.3 is 14.5 Å². The number of rotatable bonds is 9. The first-order valence-electron chi connectivity index (χ1n) is 15.7. The number of methoxy groups -OCH3 is 1. The number of halogens is 3. The van der Waals surface area contributed by atoms with Crippen molar-refractivity contribution < 1.29 is 32.3 Å². The molecule has 0 aromatic carbocycles. The van der Waals surface area contributed by atoms with Crippen molar-refractivity contribution in [1.82, 2.24) is 29.4 Å². The van der Waals surface area contributed by atoms with Crippen molar-refractivity contribution in [1.29, 1.82) is 0 Å². The molecule has 0 bridgehead atoms. The maximum Gasteiger partial charge on any atom is 0.417 e. The zero-order chi connectivity index (χ0) is 33.7. The Labute approximate surface area is 270 Å². The number of carbonyl (C=O) groups excluding carboxylic acids is 3. The number of ether oxygens (including phenoxy) is 1. The number of amides is 2. The number of pyridine rings is 1. The van der Waals surface area contributed by atoms with E-state index >= 15 is 0 Å². The van der Waals surface area contributed by atoms with Crippen LogP contribution in [0.15, 0.2) is 36.2 Å². The quantitative estimate of drug-likeness (QED) is 0.319. The summed E-state index contributed by atoms with van der Waals surface area (Å²) in [4.78, 5) is 51.0. The minimum Gasteiger partial charge on any atom is -0.453 e. The van der Waals surface area contributed by atoms with Gasteiger partial charge in [-0.15, -0.1) is 5.10 Å². The molecule has 0 unspecified atom stereocenters. The molecule has 5 heterocycles. The maximum atomic E-state index is 14.3. The van der Waals surface area contributed by atoms with Crippen molar-refractivity contribution >= 4 is 34.9 Å². The number of alkyl halides is 3. The van der Waals surface area contributed by atoms with E-state index in [0.717, 1.165) is 62.9 Å². The van der Waals surface area contributed by atoms with E-state index in [-0.39, 0.29) is 41.7 Å². The lowest BCUT2D eigenvalue weighted by molar-refractivity contribution is -0.137. The van der Waals surface area contributed by atoms with Crippen LogP contribution in [0.2, 0.25) is 0 Å². The van der Waals surface area contributed by atoms with Crippen LogP contribution < -0.4 is 10.2 Å². The number of anilines is 2. The number of hydrogen-bond acceptors (Lipinski definition) is 9. The van der Waals surface area contributed by atoms with Gasteiger partial charge in [0.1, 0.15) is 11.3 Å². The summed E-state index contributed by atoms with van der Waals surface area (Å²) in [6.07, 6.45) is 1.97. The van der Waals surface area contributed by atoms with Gasteiger partial charge in [0.2, 0.25) is 5.91 Å². The van der Waals surface area contributed by atoms with Crippen molar-refractivity contribution in [3.63, 3.8) is 0 Å². The molecule has 15 heteroatoms. The standard InChI is InChI=1S/C32H39F3N8O4/c1-21(2)15-23(44)7-8-28(45)41-13-11-40(12-14-41)19-22-16-26-30(42-9-5-4-6-10-42)38-29(39-43(26)20-22)24-18-36-27(37-31(46)47-3)17-25(24)32(33,34)35/h15-18,20H,4-14,19H2,1-3H3,(H,36,37,46). The number of carbonyl (C=O) groups is 3. The summed E-state index contributed by atoms with van der Waals surface area (Å²) < 4.78 is 48.9. The molecule has 0 spiro atoms. The van der Waals surface area contributed by atoms with Crippen molar-refractivity contribution in [2.45, 2.75) is 58.7 Å². The third-order valence-electron chi connectivity index (χ3n) is 8.19. The molecule has 2 aliphatic heterocycles. The van der Waals surface area contributed by atoms with Crippen molar-refractivity contribution in [2.24, 2.45) is 0 Å². The molecule has 47 heavy (non-hydrogen) atoms. The van der Waals surface area contributed by atoms with Gasteiger partial charge >= 0.3 is 12.3 Å². The predicted octanol–water partition coefficient (Wildman–Crippen LogP) is 4.94. The topological polar surface area (TPSA) is 125 Å². The number of nitrogens with zero attached hydrogens (tertiary/aromatic N) is 7. The first kappa shape index (κ1) is 33.8. The van der Waals surface area contributed by atoms with E-state index < -0.39 is 17.8 Å². The Bertz CT molecular complexity index is 1650. The summed E-state index contributed by atoms with van der Waals surface area (Å²) in [5, 5.41) is 6.68. The van der Waals surface area contributed by atoms with Gasteiger partial charge in [-0.05, 0) is 56.9 Å². The first-order chi connectivity index (χ1) is 22.4. The predicted molar refractivity (Wildman–Crippen MR) is 169 cm³/mol. The van der Waals surface area contributed by atoms with Crippen LogP contribution in [0.1, 0.15) is 57.1 Å². The fourth-order valence-corrected chi connectivity index (χ4v) is 5.86. The summed E-state index contributed by atoms with van der Waals surface area (Å²) >= 11 is 0. The van der Waals surface area contributed by atoms with Gasteiger partial charge in [0, 0.05) is 71.0 Å². The molecule has 3 aromatic rings. The zero-order valence-electron chi connectivity index (χ0n) is 26.8. The molecule has 2 saturated heterocycles. The van der Waals surface area contributed by atoms with E-state index in [0.29, 0.717) is 44.1 Å². The van der Waals surface area contributed by atoms with Gasteiger partial charge in [0.15, 0.2) is 17.4 Å². The molecule has 0 radical (unpaired) electrons. The van der Waals surface area contributed by atoms with E-state index in [4.69, 9.17) is 0 Å². The second kappa shape index (κ2) is 14.5. The number of piperidine rings is 1. The third-order valence-corrected chi connectivity index (χ3v) is 8.19. The molecule has 0 atom stereocenters. The summed E-state index contributed by atoms with van der Waals surface area (Å²) in [6, 6.07) is 2.71. The monoisotopic (exact) mass is 656 g/mol. The molecule has 1 N–H and O–H groups in total. The molecule has 5 rings (SSSR count). The Morgan fingerprint density at radius 2 is 1.72 bits per heavy atom. The number of aromatic nitrogens is 4. The largest absolute Gasteiger partial charge is 0.453 e. The van der Waals surface area contributed by atoms with Gasteiger partial charge in [-0.3, -0.25) is 19.8 Å². The Kier molecular flexibility index (Phi) is 10.4. The van der Waals surface area contributed by atoms with Crippen LogP contribution in [0.3, 0.4) is 0 Å². The summed E-state index contributed by atoms with van der Waals surface area (Å²) in [5.41, 5.74) is 1.15. The lowest BCUT2D eigenvalue weighted by Crippen LogP contribution is -2.48. The molecule has 0 aliphatic carbocycles. The van der Waals surface area contributed by atoms with Crippen molar-refractivity contribution in [3.8, 4) is 11.4 Å². The minimum atomic E-state index is -4.78. The summed E-state index contributed by atoms with van der Waals surface area (Å²) in [7, 11) is 1.10. The lowest BCUT2D eigenvalue weighted by atomic mass is 10.1. The average Bonchev–Trinajstić information content (AvgIpc) is 3.45. The van der Waals surface area contributed by atoms with E-state index in [2.05, 4.69) is 34.9 Å². The molecular weight excluding hydrogens is 617 g/mol. The van der Waals surface area contributed by atoms with Gasteiger partial charge in [-0.1, -0.05) is 5.57 Å². The molecule has 2 fully saturated rings. The smallest absolute Gasteiger partial charge is 0.417 e. The van der Waals surface area contributed by atoms with Crippen molar-refractivity contribution in [3.05, 3.63) is 47.3 Å². The van der Waals surface area contributed by atoms with Gasteiger partial charge in [-0.25, -0.2) is 19.3 Å². The van der Waals surface area contributed by atoms with E-state index in [1.54, 1.807) is 21.7 Å². The molecule has 2 aliphatic rings. The van der Waals surface area contributed by atoms with Crippen LogP contribution >= 0.6 is 0 Å². The fourth-order valence-electron chi connectivity index (χ4n) is 5.86. The first-order valence-corrected chi connectivity index (χ1v) is 15.7. The molecule has 2 amide bonds. The number of ketones is 1. The van der Waals surface area contributed by atoms with Gasteiger partial charge in [0.25, 0.3) is 0 Å². The number of allylic oxidation sites excluding steroid dienone is 2. The SMILES string of the molecule is COC(=O)Nc1cc(C(F)(F)F)c(-c2nc(N3CCCCC3)c3cc(CN4CCN(C(=O)CCC(=O)C=C(C)C)CC4)cn3n2)cn1. The third kappa shape index (κ3) is 8.44. The number of piperazine rings is 1. The average molecular weight is 657 g/mol. The van der Waals surface area contributed by atoms with Crippen LogP contribution in [-0.2, 0) is 27.0 Å². The second-order valence-electron chi connectivity index (χ2n) is 12.1. The minimum absolute atomic E-state index is 0.0365. The second-order valence-corrected chi connectivity index (χ2v) is 12.1. The van der Waals surface area contributed by atoms with E-state index in [9.17, 15) is 27.6 Å². The lowest BCUT2D eigenvalue weighted by Gasteiger charge is -2.34. The molecular formula is C32H39F3N8O4. The van der Waals surface area contributed by atoms with Crippen LogP contribution in [0.25, 0.3) is 16.9 Å². The Hall–Kier alpha value is -4.53. The highest BCUT2D eigenvalue weighted by Gasteiger charge is 2.36. The Morgan fingerprint density at radius 1 is 1.00 bits per heavy atom. The van der Waals surface area contributed by atoms with Crippen molar-refractivity contribution in [2.75, 3.05) is 56.6 Å². The molecule has 3 aromatic heterocycles.